The number of Topliss-reactive ketones (excluding diaryl/α,β-unsaturated/α-hetero) is 1. The van der Waals surface area contributed by atoms with Crippen LogP contribution < -0.4 is 4.73 Å². The third-order valence-electron chi connectivity index (χ3n) is 3.56. The summed E-state index contributed by atoms with van der Waals surface area (Å²) in [5, 5.41) is 11.5. The van der Waals surface area contributed by atoms with Crippen LogP contribution in [0.3, 0.4) is 0 Å². The lowest BCUT2D eigenvalue weighted by molar-refractivity contribution is -0.608. The quantitative estimate of drug-likeness (QED) is 0.367. The van der Waals surface area contributed by atoms with Crippen molar-refractivity contribution in [3.63, 3.8) is 0 Å². The molecule has 2 rings (SSSR count). The maximum atomic E-state index is 12.3. The summed E-state index contributed by atoms with van der Waals surface area (Å²) < 4.78 is 10.2. The molecule has 25 heavy (non-hydrogen) atoms. The number of nitrogens with zero attached hydrogens (tertiary/aromatic N) is 1. The number of aromatic nitrogens is 2. The van der Waals surface area contributed by atoms with E-state index < -0.39 is 24.3 Å². The maximum Gasteiger partial charge on any atom is 0.405 e. The lowest BCUT2D eigenvalue weighted by Gasteiger charge is -2.05. The molecule has 0 fully saturated rings. The van der Waals surface area contributed by atoms with Crippen LogP contribution in [0.1, 0.15) is 49.5 Å². The first-order chi connectivity index (χ1) is 11.9. The van der Waals surface area contributed by atoms with E-state index in [-0.39, 0.29) is 23.6 Å². The summed E-state index contributed by atoms with van der Waals surface area (Å²) >= 11 is 0. The van der Waals surface area contributed by atoms with Crippen molar-refractivity contribution in [2.45, 2.75) is 20.8 Å². The minimum Gasteiger partial charge on any atom is -0.618 e. The molecule has 0 bridgehead atoms. The summed E-state index contributed by atoms with van der Waals surface area (Å²) in [6.07, 6.45) is 1.16. The molecule has 2 aromatic heterocycles. The third kappa shape index (κ3) is 3.85. The zero-order chi connectivity index (χ0) is 18.6. The molecule has 0 aliphatic rings. The highest BCUT2D eigenvalue weighted by atomic mass is 16.5. The van der Waals surface area contributed by atoms with Gasteiger partial charge in [0.2, 0.25) is 5.78 Å². The Morgan fingerprint density at radius 3 is 2.52 bits per heavy atom. The van der Waals surface area contributed by atoms with E-state index in [1.165, 1.54) is 18.2 Å². The van der Waals surface area contributed by atoms with Gasteiger partial charge in [0.25, 0.3) is 0 Å². The second-order valence-electron chi connectivity index (χ2n) is 5.26. The minimum absolute atomic E-state index is 0.163. The Morgan fingerprint density at radius 2 is 1.88 bits per heavy atom. The summed E-state index contributed by atoms with van der Waals surface area (Å²) in [6, 6.07) is 4.27. The Morgan fingerprint density at radius 1 is 1.16 bits per heavy atom. The van der Waals surface area contributed by atoms with Crippen LogP contribution in [0, 0.1) is 19.1 Å². The van der Waals surface area contributed by atoms with Gasteiger partial charge in [0.15, 0.2) is 12.8 Å². The predicted molar refractivity (Wildman–Crippen MR) is 86.2 cm³/mol. The molecule has 2 heterocycles. The number of hydrogen-bond donors (Lipinski definition) is 1. The lowest BCUT2D eigenvalue weighted by Crippen LogP contribution is -2.35. The molecule has 0 aromatic carbocycles. The Labute approximate surface area is 144 Å². The molecule has 8 nitrogen and oxygen atoms in total. The number of carbonyl (C=O) groups excluding carboxylic acids is 3. The standard InChI is InChI=1S/C17H18N2O6/c1-4-24-17(22)14-10(2)15(18-11(14)3)13(20)9-25-16(21)12-7-5-6-8-19(12)23/h5-8,18H,4,9H2,1-3H3. The maximum absolute atomic E-state index is 12.3. The Hall–Kier alpha value is -3.16. The highest BCUT2D eigenvalue weighted by Gasteiger charge is 2.24. The van der Waals surface area contributed by atoms with Gasteiger partial charge in [0, 0.05) is 17.8 Å². The first kappa shape index (κ1) is 18.2. The SMILES string of the molecule is CCOC(=O)c1c(C)[nH]c(C(=O)COC(=O)c2cccc[n+]2[O-])c1C. The van der Waals surface area contributed by atoms with E-state index in [1.807, 2.05) is 0 Å². The van der Waals surface area contributed by atoms with E-state index in [0.29, 0.717) is 16.0 Å². The molecular weight excluding hydrogens is 328 g/mol. The molecule has 132 valence electrons. The summed E-state index contributed by atoms with van der Waals surface area (Å²) in [4.78, 5) is 38.9. The largest absolute Gasteiger partial charge is 0.618 e. The number of rotatable bonds is 6. The fraction of sp³-hybridized carbons (Fsp3) is 0.294. The average Bonchev–Trinajstić information content (AvgIpc) is 2.87. The van der Waals surface area contributed by atoms with Gasteiger partial charge >= 0.3 is 17.6 Å². The zero-order valence-corrected chi connectivity index (χ0v) is 14.1. The van der Waals surface area contributed by atoms with Crippen LogP contribution in [0.5, 0.6) is 0 Å². The van der Waals surface area contributed by atoms with Gasteiger partial charge in [0.1, 0.15) is 0 Å². The van der Waals surface area contributed by atoms with E-state index >= 15 is 0 Å². The lowest BCUT2D eigenvalue weighted by atomic mass is 10.1. The number of nitrogens with one attached hydrogen (secondary N) is 1. The van der Waals surface area contributed by atoms with Gasteiger partial charge in [-0.2, -0.15) is 4.73 Å². The third-order valence-corrected chi connectivity index (χ3v) is 3.56. The molecule has 2 aromatic rings. The number of ketones is 1. The van der Waals surface area contributed by atoms with Crippen molar-refractivity contribution in [1.82, 2.24) is 4.98 Å². The van der Waals surface area contributed by atoms with Gasteiger partial charge in [-0.15, -0.1) is 0 Å². The van der Waals surface area contributed by atoms with Crippen LogP contribution in [-0.4, -0.2) is 35.9 Å². The van der Waals surface area contributed by atoms with Crippen LogP contribution in [0.2, 0.25) is 0 Å². The smallest absolute Gasteiger partial charge is 0.405 e. The molecule has 8 heteroatoms. The number of pyridine rings is 1. The molecule has 0 atom stereocenters. The molecule has 1 N–H and O–H groups in total. The molecule has 0 amide bonds. The Balaban J connectivity index is 2.12. The highest BCUT2D eigenvalue weighted by molar-refractivity contribution is 6.02. The number of H-pyrrole nitrogens is 1. The number of aromatic amines is 1. The fourth-order valence-corrected chi connectivity index (χ4v) is 2.40. The van der Waals surface area contributed by atoms with Crippen LogP contribution >= 0.6 is 0 Å². The summed E-state index contributed by atoms with van der Waals surface area (Å²) in [6.45, 7) is 4.60. The van der Waals surface area contributed by atoms with Gasteiger partial charge in [-0.1, -0.05) is 0 Å². The van der Waals surface area contributed by atoms with Gasteiger partial charge in [0.05, 0.1) is 17.9 Å². The summed E-state index contributed by atoms with van der Waals surface area (Å²) in [5.41, 5.74) is 1.15. The molecule has 0 saturated carbocycles. The Kier molecular flexibility index (Phi) is 5.53. The van der Waals surface area contributed by atoms with Gasteiger partial charge in [-0.05, 0) is 32.4 Å². The van der Waals surface area contributed by atoms with Crippen molar-refractivity contribution in [3.05, 3.63) is 57.8 Å². The summed E-state index contributed by atoms with van der Waals surface area (Å²) in [5.74, 6) is -1.95. The first-order valence-corrected chi connectivity index (χ1v) is 7.61. The average molecular weight is 346 g/mol. The van der Waals surface area contributed by atoms with Crippen LogP contribution in [0.15, 0.2) is 24.4 Å². The van der Waals surface area contributed by atoms with E-state index in [4.69, 9.17) is 9.47 Å². The monoisotopic (exact) mass is 346 g/mol. The van der Waals surface area contributed by atoms with Gasteiger partial charge in [-0.3, -0.25) is 4.79 Å². The minimum atomic E-state index is -0.907. The molecule has 0 radical (unpaired) electrons. The van der Waals surface area contributed by atoms with Crippen LogP contribution in [0.25, 0.3) is 0 Å². The molecule has 0 spiro atoms. The molecule has 0 unspecified atom stereocenters. The predicted octanol–water partition coefficient (Wildman–Crippen LogP) is 1.48. The number of aryl methyl sites for hydroxylation is 1. The molecule has 0 saturated heterocycles. The number of hydrogen-bond acceptors (Lipinski definition) is 6. The number of esters is 2. The Bertz CT molecular complexity index is 825. The fourth-order valence-electron chi connectivity index (χ4n) is 2.40. The van der Waals surface area contributed by atoms with Crippen LogP contribution in [-0.2, 0) is 9.47 Å². The van der Waals surface area contributed by atoms with Crippen molar-refractivity contribution < 1.29 is 28.6 Å². The summed E-state index contributed by atoms with van der Waals surface area (Å²) in [7, 11) is 0. The van der Waals surface area contributed by atoms with Crippen LogP contribution in [0.4, 0.5) is 0 Å². The zero-order valence-electron chi connectivity index (χ0n) is 14.1. The normalized spacial score (nSPS) is 10.4. The molecule has 0 aliphatic carbocycles. The molecule has 0 aliphatic heterocycles. The van der Waals surface area contributed by atoms with E-state index in [1.54, 1.807) is 20.8 Å². The van der Waals surface area contributed by atoms with Crippen molar-refractivity contribution in [2.75, 3.05) is 13.2 Å². The topological polar surface area (TPSA) is 112 Å². The van der Waals surface area contributed by atoms with E-state index in [9.17, 15) is 19.6 Å². The van der Waals surface area contributed by atoms with Gasteiger partial charge in [-0.25, -0.2) is 9.59 Å². The second kappa shape index (κ2) is 7.61. The first-order valence-electron chi connectivity index (χ1n) is 7.61. The van der Waals surface area contributed by atoms with Crippen molar-refractivity contribution in [1.29, 1.82) is 0 Å². The van der Waals surface area contributed by atoms with Crippen molar-refractivity contribution >= 4 is 17.7 Å². The second-order valence-corrected chi connectivity index (χ2v) is 5.26. The van der Waals surface area contributed by atoms with Crippen molar-refractivity contribution in [3.8, 4) is 0 Å². The highest BCUT2D eigenvalue weighted by Crippen LogP contribution is 2.19. The van der Waals surface area contributed by atoms with Gasteiger partial charge < -0.3 is 19.7 Å². The van der Waals surface area contributed by atoms with E-state index in [0.717, 1.165) is 6.20 Å². The molecular formula is C17H18N2O6. The van der Waals surface area contributed by atoms with Crippen molar-refractivity contribution in [2.24, 2.45) is 0 Å². The van der Waals surface area contributed by atoms with E-state index in [2.05, 4.69) is 4.98 Å². The number of carbonyl (C=O) groups is 3. The number of ether oxygens (including phenoxy) is 2.